The fourth-order valence-electron chi connectivity index (χ4n) is 1.80. The Labute approximate surface area is 142 Å². The van der Waals surface area contributed by atoms with Gasteiger partial charge in [-0.2, -0.15) is 0 Å². The lowest BCUT2D eigenvalue weighted by Crippen LogP contribution is -2.07. The highest BCUT2D eigenvalue weighted by molar-refractivity contribution is 7.99. The molecule has 3 aromatic rings. The van der Waals surface area contributed by atoms with Crippen LogP contribution in [0.15, 0.2) is 64.2 Å². The van der Waals surface area contributed by atoms with Gasteiger partial charge in [-0.1, -0.05) is 6.07 Å². The number of thiophene rings is 1. The first-order chi connectivity index (χ1) is 11.2. The van der Waals surface area contributed by atoms with E-state index in [4.69, 9.17) is 0 Å². The first kappa shape index (κ1) is 15.5. The molecule has 5 nitrogen and oxygen atoms in total. The van der Waals surface area contributed by atoms with Crippen LogP contribution in [0.2, 0.25) is 0 Å². The molecule has 1 aromatic carbocycles. The van der Waals surface area contributed by atoms with E-state index in [2.05, 4.69) is 15.5 Å². The maximum absolute atomic E-state index is 11.9. The van der Waals surface area contributed by atoms with Gasteiger partial charge >= 0.3 is 0 Å². The standard InChI is InChI=1S/C16H14N4OS2/c1-20-11-17-19-16(20)23-14-6-4-12(5-7-14)18-15(21)9-8-13-3-2-10-22-13/h2-11H,1H3,(H,18,21)/b9-8+. The van der Waals surface area contributed by atoms with Crippen LogP contribution in [-0.4, -0.2) is 20.7 Å². The highest BCUT2D eigenvalue weighted by atomic mass is 32.2. The third-order valence-electron chi connectivity index (χ3n) is 2.94. The number of carbonyl (C=O) groups excluding carboxylic acids is 1. The lowest BCUT2D eigenvalue weighted by Gasteiger charge is -2.04. The van der Waals surface area contributed by atoms with Gasteiger partial charge in [0.25, 0.3) is 0 Å². The summed E-state index contributed by atoms with van der Waals surface area (Å²) in [7, 11) is 1.90. The zero-order chi connectivity index (χ0) is 16.1. The largest absolute Gasteiger partial charge is 0.323 e. The monoisotopic (exact) mass is 342 g/mol. The third-order valence-corrected chi connectivity index (χ3v) is 4.84. The smallest absolute Gasteiger partial charge is 0.248 e. The SMILES string of the molecule is Cn1cnnc1Sc1ccc(NC(=O)/C=C/c2cccs2)cc1. The summed E-state index contributed by atoms with van der Waals surface area (Å²) in [6.07, 6.45) is 5.00. The fraction of sp³-hybridized carbons (Fsp3) is 0.0625. The Hall–Kier alpha value is -2.38. The Balaban J connectivity index is 1.59. The zero-order valence-corrected chi connectivity index (χ0v) is 14.0. The van der Waals surface area contributed by atoms with Crippen LogP contribution in [0.3, 0.4) is 0 Å². The molecule has 3 rings (SSSR count). The first-order valence-corrected chi connectivity index (χ1v) is 8.55. The summed E-state index contributed by atoms with van der Waals surface area (Å²) in [4.78, 5) is 14.0. The molecule has 116 valence electrons. The minimum atomic E-state index is -0.146. The number of hydrogen-bond donors (Lipinski definition) is 1. The number of hydrogen-bond acceptors (Lipinski definition) is 5. The van der Waals surface area contributed by atoms with Crippen molar-refractivity contribution in [3.63, 3.8) is 0 Å². The van der Waals surface area contributed by atoms with Crippen LogP contribution in [0.5, 0.6) is 0 Å². The number of rotatable bonds is 5. The number of anilines is 1. The fourth-order valence-corrected chi connectivity index (χ4v) is 3.18. The molecular weight excluding hydrogens is 328 g/mol. The van der Waals surface area contributed by atoms with Gasteiger partial charge in [-0.3, -0.25) is 4.79 Å². The van der Waals surface area contributed by atoms with Gasteiger partial charge in [-0.25, -0.2) is 0 Å². The van der Waals surface area contributed by atoms with Crippen LogP contribution < -0.4 is 5.32 Å². The predicted molar refractivity (Wildman–Crippen MR) is 93.6 cm³/mol. The average molecular weight is 342 g/mol. The van der Waals surface area contributed by atoms with Crippen molar-refractivity contribution in [3.8, 4) is 0 Å². The van der Waals surface area contributed by atoms with Gasteiger partial charge in [0, 0.05) is 28.6 Å². The van der Waals surface area contributed by atoms with Gasteiger partial charge in [0.05, 0.1) is 0 Å². The normalized spacial score (nSPS) is 11.0. The first-order valence-electron chi connectivity index (χ1n) is 6.85. The van der Waals surface area contributed by atoms with Crippen molar-refractivity contribution < 1.29 is 4.79 Å². The minimum Gasteiger partial charge on any atom is -0.323 e. The molecule has 1 N–H and O–H groups in total. The summed E-state index contributed by atoms with van der Waals surface area (Å²) >= 11 is 3.11. The van der Waals surface area contributed by atoms with E-state index in [9.17, 15) is 4.79 Å². The highest BCUT2D eigenvalue weighted by Crippen LogP contribution is 2.26. The van der Waals surface area contributed by atoms with Crippen LogP contribution in [0.1, 0.15) is 4.88 Å². The number of benzene rings is 1. The van der Waals surface area contributed by atoms with E-state index in [1.807, 2.05) is 53.4 Å². The van der Waals surface area contributed by atoms with Crippen LogP contribution >= 0.6 is 23.1 Å². The Morgan fingerprint density at radius 2 is 2.13 bits per heavy atom. The van der Waals surface area contributed by atoms with Crippen molar-refractivity contribution in [1.29, 1.82) is 0 Å². The topological polar surface area (TPSA) is 59.8 Å². The zero-order valence-electron chi connectivity index (χ0n) is 12.3. The van der Waals surface area contributed by atoms with Crippen LogP contribution in [0.4, 0.5) is 5.69 Å². The quantitative estimate of drug-likeness (QED) is 0.719. The van der Waals surface area contributed by atoms with Gasteiger partial charge in [0.15, 0.2) is 5.16 Å². The Morgan fingerprint density at radius 3 is 2.78 bits per heavy atom. The summed E-state index contributed by atoms with van der Waals surface area (Å²) in [6.45, 7) is 0. The van der Waals surface area contributed by atoms with Crippen molar-refractivity contribution in [2.75, 3.05) is 5.32 Å². The molecule has 0 saturated carbocycles. The molecule has 0 atom stereocenters. The molecule has 0 radical (unpaired) electrons. The molecule has 0 aliphatic carbocycles. The second-order valence-corrected chi connectivity index (χ2v) is 6.71. The number of nitrogens with zero attached hydrogens (tertiary/aromatic N) is 3. The van der Waals surface area contributed by atoms with Crippen molar-refractivity contribution in [3.05, 3.63) is 59.1 Å². The molecule has 0 unspecified atom stereocenters. The molecule has 7 heteroatoms. The maximum Gasteiger partial charge on any atom is 0.248 e. The summed E-state index contributed by atoms with van der Waals surface area (Å²) in [5.74, 6) is -0.146. The summed E-state index contributed by atoms with van der Waals surface area (Å²) in [5, 5.41) is 13.5. The minimum absolute atomic E-state index is 0.146. The maximum atomic E-state index is 11.9. The second kappa shape index (κ2) is 7.26. The molecule has 0 bridgehead atoms. The van der Waals surface area contributed by atoms with Crippen molar-refractivity contribution >= 4 is 40.8 Å². The van der Waals surface area contributed by atoms with E-state index in [-0.39, 0.29) is 5.91 Å². The van der Waals surface area contributed by atoms with E-state index in [1.165, 1.54) is 17.8 Å². The van der Waals surface area contributed by atoms with Crippen molar-refractivity contribution in [2.24, 2.45) is 7.05 Å². The summed E-state index contributed by atoms with van der Waals surface area (Å²) in [6, 6.07) is 11.5. The Bertz CT molecular complexity index is 807. The lowest BCUT2D eigenvalue weighted by molar-refractivity contribution is -0.111. The lowest BCUT2D eigenvalue weighted by atomic mass is 10.3. The van der Waals surface area contributed by atoms with Crippen molar-refractivity contribution in [1.82, 2.24) is 14.8 Å². The van der Waals surface area contributed by atoms with E-state index in [1.54, 1.807) is 23.7 Å². The molecule has 23 heavy (non-hydrogen) atoms. The predicted octanol–water partition coefficient (Wildman–Crippen LogP) is 3.68. The average Bonchev–Trinajstić information content (AvgIpc) is 3.20. The van der Waals surface area contributed by atoms with Crippen LogP contribution in [0, 0.1) is 0 Å². The van der Waals surface area contributed by atoms with E-state index in [0.29, 0.717) is 0 Å². The third kappa shape index (κ3) is 4.30. The molecule has 0 spiro atoms. The van der Waals surface area contributed by atoms with Gasteiger partial charge in [0.1, 0.15) is 6.33 Å². The highest BCUT2D eigenvalue weighted by Gasteiger charge is 2.04. The van der Waals surface area contributed by atoms with E-state index >= 15 is 0 Å². The Morgan fingerprint density at radius 1 is 1.30 bits per heavy atom. The van der Waals surface area contributed by atoms with Crippen LogP contribution in [-0.2, 0) is 11.8 Å². The number of aromatic nitrogens is 3. The van der Waals surface area contributed by atoms with Gasteiger partial charge in [0.2, 0.25) is 5.91 Å². The number of carbonyl (C=O) groups is 1. The molecule has 0 fully saturated rings. The van der Waals surface area contributed by atoms with Gasteiger partial charge < -0.3 is 9.88 Å². The van der Waals surface area contributed by atoms with Crippen LogP contribution in [0.25, 0.3) is 6.08 Å². The van der Waals surface area contributed by atoms with E-state index < -0.39 is 0 Å². The summed E-state index contributed by atoms with van der Waals surface area (Å²) < 4.78 is 1.86. The van der Waals surface area contributed by atoms with Gasteiger partial charge in [-0.15, -0.1) is 21.5 Å². The Kier molecular flexibility index (Phi) is 4.89. The van der Waals surface area contributed by atoms with Gasteiger partial charge in [-0.05, 0) is 53.5 Å². The molecule has 0 aliphatic heterocycles. The van der Waals surface area contributed by atoms with E-state index in [0.717, 1.165) is 20.6 Å². The molecule has 0 saturated heterocycles. The molecular formula is C16H14N4OS2. The summed E-state index contributed by atoms with van der Waals surface area (Å²) in [5.41, 5.74) is 0.758. The molecule has 2 aromatic heterocycles. The molecule has 1 amide bonds. The number of amides is 1. The van der Waals surface area contributed by atoms with Crippen molar-refractivity contribution in [2.45, 2.75) is 10.1 Å². The second-order valence-electron chi connectivity index (χ2n) is 4.69. The molecule has 0 aliphatic rings. The number of nitrogens with one attached hydrogen (secondary N) is 1. The molecule has 2 heterocycles. The number of aryl methyl sites for hydroxylation is 1.